The van der Waals surface area contributed by atoms with Gasteiger partial charge in [-0.15, -0.1) is 0 Å². The Labute approximate surface area is 167 Å². The van der Waals surface area contributed by atoms with Crippen molar-refractivity contribution >= 4 is 6.09 Å². The number of hydrogen-bond acceptors (Lipinski definition) is 4. The van der Waals surface area contributed by atoms with E-state index in [0.29, 0.717) is 37.9 Å². The second-order valence-corrected chi connectivity index (χ2v) is 7.14. The molecule has 1 saturated heterocycles. The van der Waals surface area contributed by atoms with Crippen molar-refractivity contribution in [3.63, 3.8) is 0 Å². The number of carbonyl (C=O) groups is 1. The predicted molar refractivity (Wildman–Crippen MR) is 105 cm³/mol. The summed E-state index contributed by atoms with van der Waals surface area (Å²) >= 11 is 0. The SMILES string of the molecule is O=C(Oc1c2c(nn1-c1ccc(F)cc1)CCc1ccccc1-2)N1CCOCC1. The van der Waals surface area contributed by atoms with Crippen LogP contribution in [0.5, 0.6) is 5.88 Å². The van der Waals surface area contributed by atoms with Gasteiger partial charge in [0.05, 0.1) is 30.2 Å². The summed E-state index contributed by atoms with van der Waals surface area (Å²) in [6.07, 6.45) is 1.20. The number of benzene rings is 2. The quantitative estimate of drug-likeness (QED) is 0.668. The van der Waals surface area contributed by atoms with Gasteiger partial charge in [0, 0.05) is 13.1 Å². The van der Waals surface area contributed by atoms with Crippen molar-refractivity contribution < 1.29 is 18.7 Å². The summed E-state index contributed by atoms with van der Waals surface area (Å²) in [5.41, 5.74) is 4.56. The lowest BCUT2D eigenvalue weighted by molar-refractivity contribution is 0.0410. The number of amides is 1. The van der Waals surface area contributed by atoms with E-state index in [2.05, 4.69) is 6.07 Å². The smallest absolute Gasteiger partial charge is 0.390 e. The van der Waals surface area contributed by atoms with Gasteiger partial charge in [-0.05, 0) is 48.2 Å². The summed E-state index contributed by atoms with van der Waals surface area (Å²) in [7, 11) is 0. The first-order valence-corrected chi connectivity index (χ1v) is 9.71. The van der Waals surface area contributed by atoms with E-state index in [1.54, 1.807) is 21.7 Å². The summed E-state index contributed by atoms with van der Waals surface area (Å²) in [6.45, 7) is 1.96. The highest BCUT2D eigenvalue weighted by Gasteiger charge is 2.30. The van der Waals surface area contributed by atoms with Gasteiger partial charge in [-0.2, -0.15) is 9.78 Å². The molecule has 0 atom stereocenters. The molecule has 148 valence electrons. The molecule has 5 rings (SSSR count). The first-order valence-electron chi connectivity index (χ1n) is 9.71. The molecule has 1 fully saturated rings. The van der Waals surface area contributed by atoms with Gasteiger partial charge in [-0.1, -0.05) is 24.3 Å². The van der Waals surface area contributed by atoms with Crippen molar-refractivity contribution in [2.45, 2.75) is 12.8 Å². The largest absolute Gasteiger partial charge is 0.416 e. The van der Waals surface area contributed by atoms with Crippen LogP contribution in [0.2, 0.25) is 0 Å². The predicted octanol–water partition coefficient (Wildman–Crippen LogP) is 3.61. The molecule has 2 aliphatic rings. The Morgan fingerprint density at radius 1 is 1.03 bits per heavy atom. The van der Waals surface area contributed by atoms with Crippen molar-refractivity contribution in [1.82, 2.24) is 14.7 Å². The lowest BCUT2D eigenvalue weighted by Gasteiger charge is -2.26. The van der Waals surface area contributed by atoms with Gasteiger partial charge in [0.15, 0.2) is 0 Å². The summed E-state index contributed by atoms with van der Waals surface area (Å²) in [4.78, 5) is 14.5. The van der Waals surface area contributed by atoms with E-state index in [9.17, 15) is 9.18 Å². The molecular formula is C22H20FN3O3. The summed E-state index contributed by atoms with van der Waals surface area (Å²) in [5, 5.41) is 4.72. The van der Waals surface area contributed by atoms with E-state index in [-0.39, 0.29) is 5.82 Å². The van der Waals surface area contributed by atoms with Crippen molar-refractivity contribution in [3.05, 3.63) is 65.6 Å². The van der Waals surface area contributed by atoms with Crippen LogP contribution in [0.25, 0.3) is 16.8 Å². The molecule has 1 aromatic heterocycles. The maximum Gasteiger partial charge on any atom is 0.416 e. The fourth-order valence-electron chi connectivity index (χ4n) is 3.87. The Morgan fingerprint density at radius 2 is 1.79 bits per heavy atom. The molecule has 2 aromatic carbocycles. The number of morpholine rings is 1. The van der Waals surface area contributed by atoms with Crippen molar-refractivity contribution in [3.8, 4) is 22.7 Å². The van der Waals surface area contributed by atoms with E-state index < -0.39 is 6.09 Å². The Bertz CT molecular complexity index is 1060. The van der Waals surface area contributed by atoms with Crippen LogP contribution in [0.15, 0.2) is 48.5 Å². The standard InChI is InChI=1S/C22H20FN3O3/c23-16-6-8-17(9-7-16)26-21(29-22(27)25-11-13-28-14-12-25)20-18-4-2-1-3-15(18)5-10-19(20)24-26/h1-4,6-9H,5,10-14H2. The van der Waals surface area contributed by atoms with Crippen LogP contribution in [-0.2, 0) is 17.6 Å². The minimum Gasteiger partial charge on any atom is -0.390 e. The molecule has 0 radical (unpaired) electrons. The third kappa shape index (κ3) is 3.27. The van der Waals surface area contributed by atoms with Crippen LogP contribution in [0.3, 0.4) is 0 Å². The lowest BCUT2D eigenvalue weighted by Crippen LogP contribution is -2.42. The lowest BCUT2D eigenvalue weighted by atomic mass is 9.90. The molecule has 2 heterocycles. The van der Waals surface area contributed by atoms with Crippen molar-refractivity contribution in [2.24, 2.45) is 0 Å². The minimum atomic E-state index is -0.428. The van der Waals surface area contributed by atoms with E-state index in [1.165, 1.54) is 17.7 Å². The van der Waals surface area contributed by atoms with Crippen LogP contribution < -0.4 is 4.74 Å². The highest BCUT2D eigenvalue weighted by Crippen LogP contribution is 2.41. The number of ether oxygens (including phenoxy) is 2. The zero-order valence-electron chi connectivity index (χ0n) is 15.8. The number of carbonyl (C=O) groups excluding carboxylic acids is 1. The molecule has 7 heteroatoms. The summed E-state index contributed by atoms with van der Waals surface area (Å²) < 4.78 is 26.3. The maximum absolute atomic E-state index is 13.4. The zero-order chi connectivity index (χ0) is 19.8. The Kier molecular flexibility index (Phi) is 4.52. The Hall–Kier alpha value is -3.19. The summed E-state index contributed by atoms with van der Waals surface area (Å²) in [6, 6.07) is 14.1. The number of aromatic nitrogens is 2. The highest BCUT2D eigenvalue weighted by molar-refractivity contribution is 5.81. The van der Waals surface area contributed by atoms with Crippen LogP contribution in [0.1, 0.15) is 11.3 Å². The maximum atomic E-state index is 13.4. The van der Waals surface area contributed by atoms with Gasteiger partial charge < -0.3 is 14.4 Å². The van der Waals surface area contributed by atoms with Gasteiger partial charge in [0.25, 0.3) is 0 Å². The molecule has 0 unspecified atom stereocenters. The zero-order valence-corrected chi connectivity index (χ0v) is 15.8. The van der Waals surface area contributed by atoms with Crippen LogP contribution in [-0.4, -0.2) is 47.1 Å². The summed E-state index contributed by atoms with van der Waals surface area (Å²) in [5.74, 6) is 0.0399. The fraction of sp³-hybridized carbons (Fsp3) is 0.273. The van der Waals surface area contributed by atoms with Gasteiger partial charge >= 0.3 is 6.09 Å². The number of halogens is 1. The number of aryl methyl sites for hydroxylation is 2. The van der Waals surface area contributed by atoms with Gasteiger partial charge in [0.2, 0.25) is 5.88 Å². The number of hydrogen-bond donors (Lipinski definition) is 0. The molecule has 0 N–H and O–H groups in total. The molecule has 0 saturated carbocycles. The van der Waals surface area contributed by atoms with E-state index in [1.807, 2.05) is 18.2 Å². The molecule has 29 heavy (non-hydrogen) atoms. The molecule has 0 bridgehead atoms. The van der Waals surface area contributed by atoms with Gasteiger partial charge in [0.1, 0.15) is 5.82 Å². The van der Waals surface area contributed by atoms with Crippen LogP contribution >= 0.6 is 0 Å². The molecule has 1 aliphatic heterocycles. The normalized spacial score (nSPS) is 15.6. The van der Waals surface area contributed by atoms with E-state index >= 15 is 0 Å². The van der Waals surface area contributed by atoms with Gasteiger partial charge in [-0.25, -0.2) is 9.18 Å². The first kappa shape index (κ1) is 17.9. The van der Waals surface area contributed by atoms with Gasteiger partial charge in [-0.3, -0.25) is 0 Å². The average molecular weight is 393 g/mol. The molecular weight excluding hydrogens is 373 g/mol. The van der Waals surface area contributed by atoms with Crippen molar-refractivity contribution in [2.75, 3.05) is 26.3 Å². The topological polar surface area (TPSA) is 56.6 Å². The third-order valence-corrected chi connectivity index (χ3v) is 5.36. The van der Waals surface area contributed by atoms with E-state index in [0.717, 1.165) is 29.7 Å². The van der Waals surface area contributed by atoms with Crippen molar-refractivity contribution in [1.29, 1.82) is 0 Å². The first-order chi connectivity index (χ1) is 14.2. The number of nitrogens with zero attached hydrogens (tertiary/aromatic N) is 3. The molecule has 3 aromatic rings. The molecule has 0 spiro atoms. The number of fused-ring (bicyclic) bond motifs is 3. The molecule has 1 aliphatic carbocycles. The fourth-order valence-corrected chi connectivity index (χ4v) is 3.87. The Balaban J connectivity index is 1.61. The average Bonchev–Trinajstić information content (AvgIpc) is 3.13. The minimum absolute atomic E-state index is 0.331. The third-order valence-electron chi connectivity index (χ3n) is 5.36. The number of rotatable bonds is 2. The molecule has 6 nitrogen and oxygen atoms in total. The van der Waals surface area contributed by atoms with Crippen LogP contribution in [0.4, 0.5) is 9.18 Å². The Morgan fingerprint density at radius 3 is 2.59 bits per heavy atom. The van der Waals surface area contributed by atoms with E-state index in [4.69, 9.17) is 14.6 Å². The monoisotopic (exact) mass is 393 g/mol. The second-order valence-electron chi connectivity index (χ2n) is 7.14. The highest BCUT2D eigenvalue weighted by atomic mass is 19.1. The van der Waals surface area contributed by atoms with Crippen LogP contribution in [0, 0.1) is 5.82 Å². The molecule has 1 amide bonds. The second kappa shape index (κ2) is 7.33.